The topological polar surface area (TPSA) is 64.6 Å². The van der Waals surface area contributed by atoms with E-state index < -0.39 is 0 Å². The molecule has 1 fully saturated rings. The second-order valence-electron chi connectivity index (χ2n) is 6.47. The van der Waals surface area contributed by atoms with E-state index in [1.54, 1.807) is 20.4 Å². The van der Waals surface area contributed by atoms with E-state index in [2.05, 4.69) is 4.98 Å². The van der Waals surface area contributed by atoms with Crippen LogP contribution < -0.4 is 14.4 Å². The maximum absolute atomic E-state index is 12.5. The first-order valence-corrected chi connectivity index (χ1v) is 8.61. The monoisotopic (exact) mass is 339 g/mol. The van der Waals surface area contributed by atoms with E-state index in [0.717, 1.165) is 35.6 Å². The van der Waals surface area contributed by atoms with Crippen LogP contribution in [0.15, 0.2) is 24.4 Å². The summed E-state index contributed by atoms with van der Waals surface area (Å²) >= 11 is 0. The summed E-state index contributed by atoms with van der Waals surface area (Å²) in [5.74, 6) is 2.16. The van der Waals surface area contributed by atoms with Gasteiger partial charge in [0.2, 0.25) is 5.91 Å². The number of amides is 1. The van der Waals surface area contributed by atoms with Gasteiger partial charge in [0.15, 0.2) is 17.3 Å². The van der Waals surface area contributed by atoms with Gasteiger partial charge in [-0.2, -0.15) is 0 Å². The highest BCUT2D eigenvalue weighted by atomic mass is 16.5. The number of ether oxygens (including phenoxy) is 2. The molecule has 1 saturated carbocycles. The van der Waals surface area contributed by atoms with Crippen LogP contribution in [0, 0.1) is 0 Å². The third-order valence-electron chi connectivity index (χ3n) is 5.01. The van der Waals surface area contributed by atoms with Gasteiger partial charge >= 0.3 is 0 Å². The smallest absolute Gasteiger partial charge is 0.234 e. The fourth-order valence-corrected chi connectivity index (χ4v) is 3.74. The third kappa shape index (κ3) is 2.71. The molecule has 1 aromatic carbocycles. The minimum absolute atomic E-state index is 0.117. The van der Waals surface area contributed by atoms with Crippen molar-refractivity contribution in [1.29, 1.82) is 0 Å². The van der Waals surface area contributed by atoms with Crippen LogP contribution in [0.4, 0.5) is 5.82 Å². The van der Waals surface area contributed by atoms with Gasteiger partial charge in [0.1, 0.15) is 0 Å². The van der Waals surface area contributed by atoms with Crippen LogP contribution in [-0.2, 0) is 11.2 Å². The average Bonchev–Trinajstić information content (AvgIpc) is 3.26. The van der Waals surface area contributed by atoms with Crippen molar-refractivity contribution in [3.63, 3.8) is 0 Å². The summed E-state index contributed by atoms with van der Waals surface area (Å²) in [7, 11) is 3.22. The molecule has 2 aromatic rings. The molecule has 0 unspecified atom stereocenters. The molecule has 0 radical (unpaired) electrons. The highest BCUT2D eigenvalue weighted by Crippen LogP contribution is 2.36. The largest absolute Gasteiger partial charge is 0.493 e. The lowest BCUT2D eigenvalue weighted by atomic mass is 10.1. The number of rotatable bonds is 4. The van der Waals surface area contributed by atoms with Gasteiger partial charge in [0.05, 0.1) is 38.2 Å². The van der Waals surface area contributed by atoms with Crippen molar-refractivity contribution in [3.8, 4) is 22.8 Å². The molecule has 0 saturated heterocycles. The molecular formula is C19H21N3O3. The molecule has 2 heterocycles. The first-order chi connectivity index (χ1) is 12.2. The lowest BCUT2D eigenvalue weighted by molar-refractivity contribution is -0.117. The number of aromatic nitrogens is 2. The Balaban J connectivity index is 1.73. The van der Waals surface area contributed by atoms with Gasteiger partial charge in [0, 0.05) is 11.6 Å². The summed E-state index contributed by atoms with van der Waals surface area (Å²) in [4.78, 5) is 23.6. The first kappa shape index (κ1) is 15.9. The lowest BCUT2D eigenvalue weighted by Gasteiger charge is -2.23. The fourth-order valence-electron chi connectivity index (χ4n) is 3.74. The zero-order valence-corrected chi connectivity index (χ0v) is 14.5. The molecule has 0 spiro atoms. The molecule has 2 aliphatic rings. The Hall–Kier alpha value is -2.63. The highest BCUT2D eigenvalue weighted by Gasteiger charge is 2.36. The number of fused-ring (bicyclic) bond motifs is 1. The molecule has 1 aliphatic heterocycles. The summed E-state index contributed by atoms with van der Waals surface area (Å²) in [5, 5.41) is 0. The van der Waals surface area contributed by atoms with Gasteiger partial charge in [-0.15, -0.1) is 0 Å². The van der Waals surface area contributed by atoms with Crippen molar-refractivity contribution in [2.45, 2.75) is 38.1 Å². The Morgan fingerprint density at radius 1 is 1.12 bits per heavy atom. The average molecular weight is 339 g/mol. The number of methoxy groups -OCH3 is 2. The van der Waals surface area contributed by atoms with Crippen molar-refractivity contribution < 1.29 is 14.3 Å². The highest BCUT2D eigenvalue weighted by molar-refractivity contribution is 6.00. The Morgan fingerprint density at radius 3 is 2.60 bits per heavy atom. The Bertz CT molecular complexity index is 816. The molecular weight excluding hydrogens is 318 g/mol. The molecule has 1 aliphatic carbocycles. The molecule has 130 valence electrons. The third-order valence-corrected chi connectivity index (χ3v) is 5.01. The van der Waals surface area contributed by atoms with Gasteiger partial charge in [-0.3, -0.25) is 14.7 Å². The summed E-state index contributed by atoms with van der Waals surface area (Å²) in [5.41, 5.74) is 2.40. The number of hydrogen-bond donors (Lipinski definition) is 0. The molecule has 1 aromatic heterocycles. The van der Waals surface area contributed by atoms with Crippen LogP contribution >= 0.6 is 0 Å². The van der Waals surface area contributed by atoms with E-state index in [1.165, 1.54) is 12.8 Å². The van der Waals surface area contributed by atoms with Crippen molar-refractivity contribution in [3.05, 3.63) is 30.1 Å². The minimum atomic E-state index is 0.117. The minimum Gasteiger partial charge on any atom is -0.493 e. The standard InChI is InChI=1S/C19H21N3O3/c1-24-16-8-7-12(9-17(16)25-2)15-11-20-14-10-18(23)22(19(14)21-15)13-5-3-4-6-13/h7-9,11,13H,3-6,10H2,1-2H3. The molecule has 4 rings (SSSR count). The Morgan fingerprint density at radius 2 is 1.88 bits per heavy atom. The normalized spacial score (nSPS) is 17.0. The van der Waals surface area contributed by atoms with E-state index in [-0.39, 0.29) is 11.9 Å². The number of hydrogen-bond acceptors (Lipinski definition) is 5. The first-order valence-electron chi connectivity index (χ1n) is 8.61. The van der Waals surface area contributed by atoms with Crippen molar-refractivity contribution >= 4 is 11.7 Å². The van der Waals surface area contributed by atoms with Crippen LogP contribution in [0.5, 0.6) is 11.5 Å². The summed E-state index contributed by atoms with van der Waals surface area (Å²) in [6, 6.07) is 5.92. The lowest BCUT2D eigenvalue weighted by Crippen LogP contribution is -2.36. The Kier molecular flexibility index (Phi) is 4.03. The van der Waals surface area contributed by atoms with Crippen molar-refractivity contribution in [2.24, 2.45) is 0 Å². The van der Waals surface area contributed by atoms with Crippen molar-refractivity contribution in [1.82, 2.24) is 9.97 Å². The second kappa shape index (κ2) is 6.35. The summed E-state index contributed by atoms with van der Waals surface area (Å²) in [6.45, 7) is 0. The Labute approximate surface area is 146 Å². The maximum Gasteiger partial charge on any atom is 0.234 e. The molecule has 0 N–H and O–H groups in total. The molecule has 25 heavy (non-hydrogen) atoms. The van der Waals surface area contributed by atoms with Gasteiger partial charge in [-0.25, -0.2) is 4.98 Å². The molecule has 0 atom stereocenters. The number of anilines is 1. The predicted octanol–water partition coefficient (Wildman–Crippen LogP) is 2.99. The van der Waals surface area contributed by atoms with Gasteiger partial charge < -0.3 is 9.47 Å². The van der Waals surface area contributed by atoms with E-state index in [4.69, 9.17) is 14.5 Å². The number of nitrogens with zero attached hydrogens (tertiary/aromatic N) is 3. The zero-order valence-electron chi connectivity index (χ0n) is 14.5. The molecule has 0 bridgehead atoms. The van der Waals surface area contributed by atoms with Gasteiger partial charge in [-0.1, -0.05) is 12.8 Å². The number of carbonyl (C=O) groups excluding carboxylic acids is 1. The summed E-state index contributed by atoms with van der Waals surface area (Å²) in [6.07, 6.45) is 6.52. The van der Waals surface area contributed by atoms with E-state index in [0.29, 0.717) is 17.9 Å². The van der Waals surface area contributed by atoms with E-state index >= 15 is 0 Å². The number of benzene rings is 1. The van der Waals surface area contributed by atoms with E-state index in [1.807, 2.05) is 23.1 Å². The van der Waals surface area contributed by atoms with Crippen LogP contribution in [-0.4, -0.2) is 36.1 Å². The maximum atomic E-state index is 12.5. The van der Waals surface area contributed by atoms with Crippen LogP contribution in [0.2, 0.25) is 0 Å². The van der Waals surface area contributed by atoms with E-state index in [9.17, 15) is 4.79 Å². The second-order valence-corrected chi connectivity index (χ2v) is 6.47. The summed E-state index contributed by atoms with van der Waals surface area (Å²) < 4.78 is 10.7. The van der Waals surface area contributed by atoms with Crippen molar-refractivity contribution in [2.75, 3.05) is 19.1 Å². The zero-order chi connectivity index (χ0) is 17.4. The van der Waals surface area contributed by atoms with Gasteiger partial charge in [0.25, 0.3) is 0 Å². The SMILES string of the molecule is COc1ccc(-c2cnc3c(n2)N(C2CCCC2)C(=O)C3)cc1OC. The fraction of sp³-hybridized carbons (Fsp3) is 0.421. The molecule has 1 amide bonds. The quantitative estimate of drug-likeness (QED) is 0.857. The molecule has 6 nitrogen and oxygen atoms in total. The van der Waals surface area contributed by atoms with Crippen LogP contribution in [0.3, 0.4) is 0 Å². The van der Waals surface area contributed by atoms with Gasteiger partial charge in [-0.05, 0) is 31.0 Å². The van der Waals surface area contributed by atoms with Crippen LogP contribution in [0.25, 0.3) is 11.3 Å². The number of carbonyl (C=O) groups is 1. The van der Waals surface area contributed by atoms with Crippen LogP contribution in [0.1, 0.15) is 31.4 Å². The molecule has 6 heteroatoms. The predicted molar refractivity (Wildman–Crippen MR) is 94.0 cm³/mol.